The Kier molecular flexibility index (Phi) is 3.72. The molecule has 0 radical (unpaired) electrons. The molecule has 2 unspecified atom stereocenters. The molecule has 1 heterocycles. The van der Waals surface area contributed by atoms with Gasteiger partial charge in [-0.2, -0.15) is 4.98 Å². The van der Waals surface area contributed by atoms with Crippen LogP contribution in [0.25, 0.3) is 0 Å². The predicted molar refractivity (Wildman–Crippen MR) is 65.6 cm³/mol. The topological polar surface area (TPSA) is 64.9 Å². The summed E-state index contributed by atoms with van der Waals surface area (Å²) in [5.74, 6) is 0.818. The van der Waals surface area contributed by atoms with Crippen LogP contribution >= 0.6 is 0 Å². The van der Waals surface area contributed by atoms with E-state index < -0.39 is 0 Å². The summed E-state index contributed by atoms with van der Waals surface area (Å²) in [5.41, 5.74) is 6.59. The molecule has 5 heteroatoms. The number of aromatic nitrogens is 2. The zero-order valence-electron chi connectivity index (χ0n) is 10.4. The van der Waals surface area contributed by atoms with Crippen LogP contribution in [0.15, 0.2) is 28.8 Å². The van der Waals surface area contributed by atoms with Gasteiger partial charge in [0.25, 0.3) is 0 Å². The molecule has 0 aliphatic rings. The van der Waals surface area contributed by atoms with Crippen LogP contribution in [0, 0.1) is 5.82 Å². The van der Waals surface area contributed by atoms with Gasteiger partial charge in [-0.05, 0) is 24.6 Å². The first-order chi connectivity index (χ1) is 8.56. The molecule has 2 N–H and O–H groups in total. The van der Waals surface area contributed by atoms with Crippen LogP contribution in [0.1, 0.15) is 37.0 Å². The van der Waals surface area contributed by atoms with Crippen molar-refractivity contribution < 1.29 is 8.91 Å². The Bertz CT molecular complexity index is 524. The van der Waals surface area contributed by atoms with Gasteiger partial charge < -0.3 is 10.3 Å². The molecule has 1 aromatic carbocycles. The van der Waals surface area contributed by atoms with E-state index in [0.29, 0.717) is 18.1 Å². The summed E-state index contributed by atoms with van der Waals surface area (Å²) < 4.78 is 18.2. The lowest BCUT2D eigenvalue weighted by Crippen LogP contribution is -2.22. The highest BCUT2D eigenvalue weighted by atomic mass is 19.1. The second-order valence-corrected chi connectivity index (χ2v) is 4.50. The van der Waals surface area contributed by atoms with Gasteiger partial charge in [-0.15, -0.1) is 0 Å². The Labute approximate surface area is 105 Å². The van der Waals surface area contributed by atoms with Crippen molar-refractivity contribution in [2.75, 3.05) is 0 Å². The molecule has 0 saturated heterocycles. The van der Waals surface area contributed by atoms with E-state index in [4.69, 9.17) is 10.3 Å². The van der Waals surface area contributed by atoms with Crippen molar-refractivity contribution in [3.05, 3.63) is 47.4 Å². The maximum Gasteiger partial charge on any atom is 0.231 e. The zero-order valence-corrected chi connectivity index (χ0v) is 10.4. The molecule has 0 bridgehead atoms. The first-order valence-electron chi connectivity index (χ1n) is 5.89. The van der Waals surface area contributed by atoms with Gasteiger partial charge in [0.2, 0.25) is 5.89 Å². The number of halogens is 1. The van der Waals surface area contributed by atoms with Crippen LogP contribution in [-0.2, 0) is 6.42 Å². The molecule has 2 atom stereocenters. The van der Waals surface area contributed by atoms with Gasteiger partial charge in [-0.25, -0.2) is 4.39 Å². The van der Waals surface area contributed by atoms with E-state index in [2.05, 4.69) is 10.1 Å². The van der Waals surface area contributed by atoms with E-state index in [1.165, 1.54) is 12.1 Å². The monoisotopic (exact) mass is 249 g/mol. The van der Waals surface area contributed by atoms with Gasteiger partial charge in [0.15, 0.2) is 5.82 Å². The van der Waals surface area contributed by atoms with E-state index in [-0.39, 0.29) is 17.8 Å². The molecule has 2 rings (SSSR count). The smallest absolute Gasteiger partial charge is 0.231 e. The lowest BCUT2D eigenvalue weighted by atomic mass is 10.1. The van der Waals surface area contributed by atoms with E-state index in [9.17, 15) is 4.39 Å². The summed E-state index contributed by atoms with van der Waals surface area (Å²) in [7, 11) is 0. The summed E-state index contributed by atoms with van der Waals surface area (Å²) in [6, 6.07) is 6.31. The number of hydrogen-bond donors (Lipinski definition) is 1. The van der Waals surface area contributed by atoms with Crippen molar-refractivity contribution in [1.82, 2.24) is 10.1 Å². The molecular weight excluding hydrogens is 233 g/mol. The minimum atomic E-state index is -0.264. The van der Waals surface area contributed by atoms with E-state index >= 15 is 0 Å². The lowest BCUT2D eigenvalue weighted by Gasteiger charge is -2.09. The van der Waals surface area contributed by atoms with Crippen molar-refractivity contribution in [1.29, 1.82) is 0 Å². The van der Waals surface area contributed by atoms with Crippen LogP contribution in [0.3, 0.4) is 0 Å². The van der Waals surface area contributed by atoms with E-state index in [1.807, 2.05) is 19.9 Å². The summed E-state index contributed by atoms with van der Waals surface area (Å²) in [6.45, 7) is 3.82. The Morgan fingerprint density at radius 3 is 2.83 bits per heavy atom. The first-order valence-corrected chi connectivity index (χ1v) is 5.89. The van der Waals surface area contributed by atoms with Crippen molar-refractivity contribution >= 4 is 0 Å². The second-order valence-electron chi connectivity index (χ2n) is 4.50. The maximum absolute atomic E-state index is 13.0. The average Bonchev–Trinajstić information content (AvgIpc) is 2.76. The number of nitrogens with zero attached hydrogens (tertiary/aromatic N) is 2. The molecule has 18 heavy (non-hydrogen) atoms. The van der Waals surface area contributed by atoms with Gasteiger partial charge in [-0.3, -0.25) is 0 Å². The van der Waals surface area contributed by atoms with Gasteiger partial charge in [-0.1, -0.05) is 24.2 Å². The van der Waals surface area contributed by atoms with E-state index in [0.717, 1.165) is 5.56 Å². The lowest BCUT2D eigenvalue weighted by molar-refractivity contribution is 0.343. The first kappa shape index (κ1) is 12.7. The molecule has 4 nitrogen and oxygen atoms in total. The summed E-state index contributed by atoms with van der Waals surface area (Å²) in [5, 5.41) is 3.88. The quantitative estimate of drug-likeness (QED) is 0.902. The Hall–Kier alpha value is -1.75. The Balaban J connectivity index is 2.11. The minimum absolute atomic E-state index is 0.0127. The van der Waals surface area contributed by atoms with Crippen LogP contribution in [-0.4, -0.2) is 16.2 Å². The van der Waals surface area contributed by atoms with Crippen molar-refractivity contribution in [2.45, 2.75) is 32.2 Å². The van der Waals surface area contributed by atoms with Gasteiger partial charge in [0, 0.05) is 12.5 Å². The second kappa shape index (κ2) is 5.27. The van der Waals surface area contributed by atoms with Crippen LogP contribution < -0.4 is 5.73 Å². The summed E-state index contributed by atoms with van der Waals surface area (Å²) in [4.78, 5) is 4.28. The molecule has 0 saturated carbocycles. The SMILES string of the molecule is CC(N)C(C)c1nc(Cc2cccc(F)c2)no1. The summed E-state index contributed by atoms with van der Waals surface area (Å²) >= 11 is 0. The third-order valence-electron chi connectivity index (χ3n) is 2.91. The minimum Gasteiger partial charge on any atom is -0.339 e. The molecule has 2 aromatic rings. The maximum atomic E-state index is 13.0. The number of hydrogen-bond acceptors (Lipinski definition) is 4. The van der Waals surface area contributed by atoms with Crippen molar-refractivity contribution in [3.8, 4) is 0 Å². The molecule has 0 aliphatic heterocycles. The normalized spacial score (nSPS) is 14.4. The van der Waals surface area contributed by atoms with Crippen LogP contribution in [0.4, 0.5) is 4.39 Å². The van der Waals surface area contributed by atoms with Crippen LogP contribution in [0.2, 0.25) is 0 Å². The summed E-state index contributed by atoms with van der Waals surface area (Å²) in [6.07, 6.45) is 0.451. The molecule has 1 aromatic heterocycles. The molecule has 0 aliphatic carbocycles. The third kappa shape index (κ3) is 2.92. The number of rotatable bonds is 4. The fraction of sp³-hybridized carbons (Fsp3) is 0.385. The fourth-order valence-corrected chi connectivity index (χ4v) is 1.58. The highest BCUT2D eigenvalue weighted by molar-refractivity contribution is 5.19. The zero-order chi connectivity index (χ0) is 13.1. The average molecular weight is 249 g/mol. The molecule has 0 amide bonds. The third-order valence-corrected chi connectivity index (χ3v) is 2.91. The van der Waals surface area contributed by atoms with Crippen LogP contribution in [0.5, 0.6) is 0 Å². The standard InChI is InChI=1S/C13H16FN3O/c1-8(9(2)15)13-16-12(17-18-13)7-10-4-3-5-11(14)6-10/h3-6,8-9H,7,15H2,1-2H3. The largest absolute Gasteiger partial charge is 0.339 e. The molecule has 96 valence electrons. The van der Waals surface area contributed by atoms with Gasteiger partial charge >= 0.3 is 0 Å². The predicted octanol–water partition coefficient (Wildman–Crippen LogP) is 2.25. The molecule has 0 spiro atoms. The molecule has 0 fully saturated rings. The fourth-order valence-electron chi connectivity index (χ4n) is 1.58. The highest BCUT2D eigenvalue weighted by Crippen LogP contribution is 2.17. The van der Waals surface area contributed by atoms with Gasteiger partial charge in [0.1, 0.15) is 5.82 Å². The van der Waals surface area contributed by atoms with Crippen molar-refractivity contribution in [3.63, 3.8) is 0 Å². The number of nitrogens with two attached hydrogens (primary N) is 1. The highest BCUT2D eigenvalue weighted by Gasteiger charge is 2.17. The van der Waals surface area contributed by atoms with Crippen molar-refractivity contribution in [2.24, 2.45) is 5.73 Å². The Morgan fingerprint density at radius 2 is 2.17 bits per heavy atom. The number of benzene rings is 1. The van der Waals surface area contributed by atoms with Gasteiger partial charge in [0.05, 0.1) is 5.92 Å². The molecular formula is C13H16FN3O. The Morgan fingerprint density at radius 1 is 1.39 bits per heavy atom. The van der Waals surface area contributed by atoms with E-state index in [1.54, 1.807) is 6.07 Å².